The molecule has 0 saturated carbocycles. The molecule has 1 amide bonds. The van der Waals surface area contributed by atoms with Gasteiger partial charge in [0.1, 0.15) is 29.5 Å². The lowest BCUT2D eigenvalue weighted by atomic mass is 9.94. The van der Waals surface area contributed by atoms with Crippen molar-refractivity contribution in [1.82, 2.24) is 4.98 Å². The summed E-state index contributed by atoms with van der Waals surface area (Å²) in [7, 11) is 3.14. The van der Waals surface area contributed by atoms with Crippen molar-refractivity contribution < 1.29 is 23.8 Å². The lowest BCUT2D eigenvalue weighted by Crippen LogP contribution is -2.12. The highest BCUT2D eigenvalue weighted by atomic mass is 16.5. The van der Waals surface area contributed by atoms with Crippen LogP contribution in [0.4, 0.5) is 5.82 Å². The van der Waals surface area contributed by atoms with Crippen LogP contribution in [0.25, 0.3) is 0 Å². The van der Waals surface area contributed by atoms with E-state index in [1.807, 2.05) is 26.0 Å². The van der Waals surface area contributed by atoms with Crippen molar-refractivity contribution in [1.29, 1.82) is 0 Å². The number of amides is 1. The van der Waals surface area contributed by atoms with E-state index in [1.54, 1.807) is 25.4 Å². The minimum atomic E-state index is -0.374. The number of hydrogen-bond acceptors (Lipinski definition) is 6. The second-order valence-corrected chi connectivity index (χ2v) is 7.12. The molecule has 0 spiro atoms. The highest BCUT2D eigenvalue weighted by molar-refractivity contribution is 5.98. The van der Waals surface area contributed by atoms with Gasteiger partial charge in [0, 0.05) is 23.7 Å². The predicted octanol–water partition coefficient (Wildman–Crippen LogP) is 3.99. The quantitative estimate of drug-likeness (QED) is 0.523. The Bertz CT molecular complexity index is 983. The van der Waals surface area contributed by atoms with Crippen LogP contribution in [0.15, 0.2) is 36.0 Å². The topological polar surface area (TPSA) is 86.8 Å². The minimum Gasteiger partial charge on any atom is -0.496 e. The molecule has 1 aliphatic rings. The molecule has 158 valence electrons. The second kappa shape index (κ2) is 9.43. The molecule has 0 unspecified atom stereocenters. The van der Waals surface area contributed by atoms with E-state index >= 15 is 0 Å². The Balaban J connectivity index is 1.73. The molecule has 0 radical (unpaired) electrons. The van der Waals surface area contributed by atoms with Gasteiger partial charge in [-0.1, -0.05) is 17.7 Å². The van der Waals surface area contributed by atoms with E-state index in [-0.39, 0.29) is 18.5 Å². The first-order chi connectivity index (χ1) is 14.5. The highest BCUT2D eigenvalue weighted by Gasteiger charge is 2.32. The van der Waals surface area contributed by atoms with Crippen LogP contribution in [-0.2, 0) is 22.6 Å². The Labute approximate surface area is 176 Å². The summed E-state index contributed by atoms with van der Waals surface area (Å²) in [5.41, 5.74) is 4.02. The zero-order valence-electron chi connectivity index (χ0n) is 17.7. The first-order valence-electron chi connectivity index (χ1n) is 9.76. The van der Waals surface area contributed by atoms with Crippen molar-refractivity contribution in [2.45, 2.75) is 39.7 Å². The number of allylic oxidation sites excluding steroid dienone is 2. The van der Waals surface area contributed by atoms with E-state index in [1.165, 1.54) is 7.11 Å². The summed E-state index contributed by atoms with van der Waals surface area (Å²) in [5, 5.41) is 2.78. The first-order valence-corrected chi connectivity index (χ1v) is 9.76. The molecule has 30 heavy (non-hydrogen) atoms. The molecule has 1 aromatic carbocycles. The normalized spacial score (nSPS) is 12.9. The van der Waals surface area contributed by atoms with Crippen LogP contribution in [0.2, 0.25) is 0 Å². The number of anilines is 1. The molecule has 7 heteroatoms. The maximum absolute atomic E-state index is 12.2. The zero-order valence-corrected chi connectivity index (χ0v) is 17.7. The van der Waals surface area contributed by atoms with Crippen LogP contribution in [-0.4, -0.2) is 31.1 Å². The van der Waals surface area contributed by atoms with Crippen molar-refractivity contribution >= 4 is 17.7 Å². The average molecular weight is 410 g/mol. The Morgan fingerprint density at radius 3 is 2.67 bits per heavy atom. The number of rotatable bonds is 8. The van der Waals surface area contributed by atoms with Crippen molar-refractivity contribution in [3.05, 3.63) is 58.3 Å². The van der Waals surface area contributed by atoms with E-state index in [0.29, 0.717) is 42.1 Å². The Morgan fingerprint density at radius 2 is 2.00 bits per heavy atom. The van der Waals surface area contributed by atoms with E-state index in [0.717, 1.165) is 22.3 Å². The number of methoxy groups -OCH3 is 2. The molecule has 0 bridgehead atoms. The molecule has 0 aliphatic carbocycles. The standard InChI is InChI=1S/C23H26N2O5/c1-14(9-11-19(26)25-18-7-5-6-12-24-18)8-10-16-21(28-3)15(2)17-13-30-23(27)20(17)22(16)29-4/h5-8,12H,9-11,13H2,1-4H3,(H,24,25,26). The monoisotopic (exact) mass is 410 g/mol. The molecule has 0 atom stereocenters. The summed E-state index contributed by atoms with van der Waals surface area (Å²) in [4.78, 5) is 28.4. The number of aromatic nitrogens is 1. The number of fused-ring (bicyclic) bond motifs is 1. The van der Waals surface area contributed by atoms with Gasteiger partial charge in [0.15, 0.2) is 0 Å². The molecule has 1 aromatic heterocycles. The smallest absolute Gasteiger partial charge is 0.342 e. The third kappa shape index (κ3) is 4.45. The number of benzene rings is 1. The Kier molecular flexibility index (Phi) is 6.72. The Hall–Kier alpha value is -3.35. The van der Waals surface area contributed by atoms with E-state index in [2.05, 4.69) is 10.3 Å². The molecule has 2 aromatic rings. The van der Waals surface area contributed by atoms with Crippen LogP contribution in [0, 0.1) is 6.92 Å². The summed E-state index contributed by atoms with van der Waals surface area (Å²) >= 11 is 0. The number of carbonyl (C=O) groups is 2. The third-order valence-corrected chi connectivity index (χ3v) is 5.16. The Morgan fingerprint density at radius 1 is 1.23 bits per heavy atom. The number of carbonyl (C=O) groups excluding carboxylic acids is 2. The molecule has 1 aliphatic heterocycles. The number of pyridine rings is 1. The molecular weight excluding hydrogens is 384 g/mol. The average Bonchev–Trinajstić information content (AvgIpc) is 3.13. The number of hydrogen-bond donors (Lipinski definition) is 1. The van der Waals surface area contributed by atoms with Crippen molar-refractivity contribution in [2.24, 2.45) is 0 Å². The van der Waals surface area contributed by atoms with Crippen LogP contribution in [0.1, 0.15) is 46.8 Å². The maximum Gasteiger partial charge on any atom is 0.342 e. The molecule has 0 fully saturated rings. The summed E-state index contributed by atoms with van der Waals surface area (Å²) in [6, 6.07) is 5.37. The summed E-state index contributed by atoms with van der Waals surface area (Å²) in [5.74, 6) is 1.26. The van der Waals surface area contributed by atoms with E-state index in [4.69, 9.17) is 14.2 Å². The van der Waals surface area contributed by atoms with Crippen LogP contribution < -0.4 is 14.8 Å². The number of ether oxygens (including phenoxy) is 3. The van der Waals surface area contributed by atoms with Gasteiger partial charge < -0.3 is 19.5 Å². The number of cyclic esters (lactones) is 1. The van der Waals surface area contributed by atoms with Crippen molar-refractivity contribution in [2.75, 3.05) is 19.5 Å². The predicted molar refractivity (Wildman–Crippen MR) is 113 cm³/mol. The lowest BCUT2D eigenvalue weighted by Gasteiger charge is -2.18. The van der Waals surface area contributed by atoms with E-state index in [9.17, 15) is 9.59 Å². The van der Waals surface area contributed by atoms with Gasteiger partial charge in [-0.2, -0.15) is 0 Å². The highest BCUT2D eigenvalue weighted by Crippen LogP contribution is 2.42. The maximum atomic E-state index is 12.2. The third-order valence-electron chi connectivity index (χ3n) is 5.16. The SMILES string of the molecule is COc1c(C)c2c(c(OC)c1CC=C(C)CCC(=O)Nc1ccccn1)C(=O)OC2. The van der Waals surface area contributed by atoms with Gasteiger partial charge in [-0.15, -0.1) is 0 Å². The van der Waals surface area contributed by atoms with Crippen LogP contribution in [0.3, 0.4) is 0 Å². The van der Waals surface area contributed by atoms with Gasteiger partial charge in [0.2, 0.25) is 5.91 Å². The van der Waals surface area contributed by atoms with Gasteiger partial charge in [-0.05, 0) is 44.4 Å². The zero-order chi connectivity index (χ0) is 21.7. The molecule has 0 saturated heterocycles. The number of esters is 1. The summed E-state index contributed by atoms with van der Waals surface area (Å²) in [6.45, 7) is 4.12. The van der Waals surface area contributed by atoms with Gasteiger partial charge in [-0.3, -0.25) is 4.79 Å². The first kappa shape index (κ1) is 21.4. The fourth-order valence-electron chi connectivity index (χ4n) is 3.57. The molecule has 3 rings (SSSR count). The van der Waals surface area contributed by atoms with Crippen LogP contribution in [0.5, 0.6) is 11.5 Å². The van der Waals surface area contributed by atoms with Gasteiger partial charge in [0.25, 0.3) is 0 Å². The van der Waals surface area contributed by atoms with Gasteiger partial charge in [0.05, 0.1) is 14.2 Å². The van der Waals surface area contributed by atoms with Crippen molar-refractivity contribution in [3.63, 3.8) is 0 Å². The molecule has 7 nitrogen and oxygen atoms in total. The fraction of sp³-hybridized carbons (Fsp3) is 0.348. The largest absolute Gasteiger partial charge is 0.496 e. The number of nitrogens with one attached hydrogen (secondary N) is 1. The summed E-state index contributed by atoms with van der Waals surface area (Å²) in [6.07, 6.45) is 5.13. The molecular formula is C23H26N2O5. The number of nitrogens with zero attached hydrogens (tertiary/aromatic N) is 1. The van der Waals surface area contributed by atoms with Gasteiger partial charge in [-0.25, -0.2) is 9.78 Å². The van der Waals surface area contributed by atoms with E-state index < -0.39 is 0 Å². The lowest BCUT2D eigenvalue weighted by molar-refractivity contribution is -0.116. The van der Waals surface area contributed by atoms with Crippen LogP contribution >= 0.6 is 0 Å². The van der Waals surface area contributed by atoms with Crippen molar-refractivity contribution in [3.8, 4) is 11.5 Å². The molecule has 2 heterocycles. The molecule has 1 N–H and O–H groups in total. The second-order valence-electron chi connectivity index (χ2n) is 7.12. The van der Waals surface area contributed by atoms with Gasteiger partial charge >= 0.3 is 5.97 Å². The minimum absolute atomic E-state index is 0.0901. The summed E-state index contributed by atoms with van der Waals surface area (Å²) < 4.78 is 16.4. The fourth-order valence-corrected chi connectivity index (χ4v) is 3.57.